The van der Waals surface area contributed by atoms with E-state index >= 15 is 0 Å². The highest BCUT2D eigenvalue weighted by Gasteiger charge is 2.50. The van der Waals surface area contributed by atoms with Gasteiger partial charge in [-0.3, -0.25) is 9.36 Å². The zero-order valence-corrected chi connectivity index (χ0v) is 19.9. The number of hydrogen-bond acceptors (Lipinski definition) is 7. The van der Waals surface area contributed by atoms with Gasteiger partial charge in [0.15, 0.2) is 0 Å². The summed E-state index contributed by atoms with van der Waals surface area (Å²) >= 11 is 0. The van der Waals surface area contributed by atoms with Gasteiger partial charge in [-0.25, -0.2) is 13.2 Å². The van der Waals surface area contributed by atoms with E-state index in [9.17, 15) is 23.3 Å². The molecule has 180 valence electrons. The van der Waals surface area contributed by atoms with E-state index in [1.54, 1.807) is 48.2 Å². The second kappa shape index (κ2) is 8.10. The van der Waals surface area contributed by atoms with Gasteiger partial charge < -0.3 is 0 Å². The predicted octanol–water partition coefficient (Wildman–Crippen LogP) is 0.110. The third kappa shape index (κ3) is 4.22. The molecule has 3 amide bonds. The van der Waals surface area contributed by atoms with Gasteiger partial charge in [0, 0.05) is 37.6 Å². The SMILES string of the molecule is Cn1cc(CN2C(=O)C3=CC(S(=O)(=O)NC4(C#N)CC4)C=CC3=[N+](Cc3cnn(C)c3)C2=O)cn1. The standard InChI is InChI=1S/C22H23N8O4S/c1-27-10-15(8-24-27)12-29-19-4-3-17(35(33,34)26-22(14-23)5-6-22)7-18(19)20(31)30(21(29)32)13-16-9-25-28(2)11-16/h3-4,7-11,17,26H,5-6,12-13H2,1-2H3/q+1. The number of aryl methyl sites for hydroxylation is 2. The molecule has 0 radical (unpaired) electrons. The average molecular weight is 496 g/mol. The number of fused-ring (bicyclic) bond motifs is 1. The molecule has 13 heteroatoms. The van der Waals surface area contributed by atoms with Crippen LogP contribution in [0.3, 0.4) is 0 Å². The maximum atomic E-state index is 13.5. The topological polar surface area (TPSA) is 146 Å². The first-order chi connectivity index (χ1) is 16.6. The Hall–Kier alpha value is -3.89. The lowest BCUT2D eigenvalue weighted by Gasteiger charge is -2.26. The Morgan fingerprint density at radius 2 is 1.83 bits per heavy atom. The van der Waals surface area contributed by atoms with Crippen molar-refractivity contribution >= 4 is 27.7 Å². The van der Waals surface area contributed by atoms with Gasteiger partial charge in [0.25, 0.3) is 0 Å². The molecule has 1 N–H and O–H groups in total. The summed E-state index contributed by atoms with van der Waals surface area (Å²) in [6.07, 6.45) is 11.8. The summed E-state index contributed by atoms with van der Waals surface area (Å²) < 4.78 is 33.1. The molecule has 1 saturated carbocycles. The van der Waals surface area contributed by atoms with E-state index < -0.39 is 32.8 Å². The van der Waals surface area contributed by atoms with Crippen LogP contribution in [0.5, 0.6) is 0 Å². The summed E-state index contributed by atoms with van der Waals surface area (Å²) in [5.74, 6) is -0.595. The van der Waals surface area contributed by atoms with Crippen LogP contribution in [0.15, 0.2) is 48.6 Å². The van der Waals surface area contributed by atoms with Crippen molar-refractivity contribution in [3.8, 4) is 6.07 Å². The summed E-state index contributed by atoms with van der Waals surface area (Å²) in [4.78, 5) is 28.0. The minimum absolute atomic E-state index is 0.0173. The normalized spacial score (nSPS) is 21.1. The first-order valence-corrected chi connectivity index (χ1v) is 12.5. The maximum absolute atomic E-state index is 13.5. The molecule has 2 aromatic heterocycles. The fraction of sp³-hybridized carbons (Fsp3) is 0.364. The number of urea groups is 1. The Bertz CT molecular complexity index is 1480. The van der Waals surface area contributed by atoms with Gasteiger partial charge in [-0.1, -0.05) is 6.08 Å². The maximum Gasteiger partial charge on any atom is 0.502 e. The van der Waals surface area contributed by atoms with Crippen molar-refractivity contribution in [2.24, 2.45) is 14.1 Å². The van der Waals surface area contributed by atoms with Crippen LogP contribution in [0.25, 0.3) is 0 Å². The Balaban J connectivity index is 1.54. The predicted molar refractivity (Wildman–Crippen MR) is 122 cm³/mol. The minimum Gasteiger partial charge on any atom is -0.275 e. The molecule has 0 saturated heterocycles. The summed E-state index contributed by atoms with van der Waals surface area (Å²) in [6, 6.07) is 1.48. The third-order valence-corrected chi connectivity index (χ3v) is 7.82. The fourth-order valence-electron chi connectivity index (χ4n) is 4.14. The highest BCUT2D eigenvalue weighted by atomic mass is 32.2. The van der Waals surface area contributed by atoms with Crippen molar-refractivity contribution in [1.29, 1.82) is 5.26 Å². The molecule has 2 aromatic rings. The number of sulfonamides is 1. The second-order valence-corrected chi connectivity index (χ2v) is 10.8. The lowest BCUT2D eigenvalue weighted by atomic mass is 9.99. The van der Waals surface area contributed by atoms with Gasteiger partial charge in [-0.2, -0.15) is 34.5 Å². The minimum atomic E-state index is -3.97. The number of carbonyl (C=O) groups excluding carboxylic acids is 2. The zero-order chi connectivity index (χ0) is 25.0. The van der Waals surface area contributed by atoms with Crippen LogP contribution in [0.4, 0.5) is 4.79 Å². The van der Waals surface area contributed by atoms with Crippen LogP contribution >= 0.6 is 0 Å². The third-order valence-electron chi connectivity index (χ3n) is 6.14. The number of imide groups is 1. The van der Waals surface area contributed by atoms with Crippen molar-refractivity contribution in [2.75, 3.05) is 0 Å². The monoisotopic (exact) mass is 495 g/mol. The Morgan fingerprint density at radius 1 is 1.17 bits per heavy atom. The van der Waals surface area contributed by atoms with E-state index in [1.165, 1.54) is 22.8 Å². The van der Waals surface area contributed by atoms with Crippen LogP contribution in [0, 0.1) is 11.3 Å². The molecule has 12 nitrogen and oxygen atoms in total. The molecular formula is C22H23N8O4S+. The largest absolute Gasteiger partial charge is 0.502 e. The first-order valence-electron chi connectivity index (χ1n) is 10.9. The number of carbonyl (C=O) groups is 2. The Labute approximate surface area is 201 Å². The second-order valence-electron chi connectivity index (χ2n) is 8.93. The van der Waals surface area contributed by atoms with Gasteiger partial charge >= 0.3 is 11.9 Å². The van der Waals surface area contributed by atoms with Crippen molar-refractivity contribution in [2.45, 2.75) is 36.7 Å². The van der Waals surface area contributed by atoms with Crippen LogP contribution in [-0.2, 0) is 42.0 Å². The van der Waals surface area contributed by atoms with Crippen LogP contribution < -0.4 is 4.72 Å². The molecule has 0 aromatic carbocycles. The molecule has 35 heavy (non-hydrogen) atoms. The van der Waals surface area contributed by atoms with Crippen LogP contribution in [0.2, 0.25) is 0 Å². The molecule has 1 fully saturated rings. The number of nitrogens with one attached hydrogen (secondary N) is 1. The smallest absolute Gasteiger partial charge is 0.275 e. The number of nitrogens with zero attached hydrogens (tertiary/aromatic N) is 7. The van der Waals surface area contributed by atoms with Crippen molar-refractivity contribution < 1.29 is 22.6 Å². The molecule has 3 heterocycles. The van der Waals surface area contributed by atoms with E-state index in [1.807, 2.05) is 6.07 Å². The Kier molecular flexibility index (Phi) is 5.30. The number of allylic oxidation sites excluding steroid dienone is 1. The zero-order valence-electron chi connectivity index (χ0n) is 19.1. The molecule has 0 bridgehead atoms. The number of hydrogen-bond donors (Lipinski definition) is 1. The average Bonchev–Trinajstić information content (AvgIpc) is 3.26. The lowest BCUT2D eigenvalue weighted by Crippen LogP contribution is -2.51. The van der Waals surface area contributed by atoms with E-state index in [0.29, 0.717) is 24.1 Å². The molecule has 0 spiro atoms. The van der Waals surface area contributed by atoms with Gasteiger partial charge in [0.05, 0.1) is 18.5 Å². The molecule has 1 unspecified atom stereocenters. The molecule has 1 aliphatic heterocycles. The fourth-order valence-corrected chi connectivity index (χ4v) is 5.67. The first kappa shape index (κ1) is 22.9. The summed E-state index contributed by atoms with van der Waals surface area (Å²) in [5.41, 5.74) is 0.746. The number of nitriles is 1. The molecule has 2 aliphatic carbocycles. The van der Waals surface area contributed by atoms with E-state index in [4.69, 9.17) is 0 Å². The summed E-state index contributed by atoms with van der Waals surface area (Å²) in [7, 11) is -0.484. The van der Waals surface area contributed by atoms with E-state index in [2.05, 4.69) is 14.9 Å². The number of aromatic nitrogens is 4. The number of rotatable bonds is 7. The molecular weight excluding hydrogens is 472 g/mol. The van der Waals surface area contributed by atoms with Gasteiger partial charge in [0.1, 0.15) is 35.2 Å². The number of amides is 3. The lowest BCUT2D eigenvalue weighted by molar-refractivity contribution is -0.453. The molecule has 3 aliphatic rings. The van der Waals surface area contributed by atoms with Crippen molar-refractivity contribution in [1.82, 2.24) is 29.2 Å². The van der Waals surface area contributed by atoms with E-state index in [-0.39, 0.29) is 18.7 Å². The van der Waals surface area contributed by atoms with Gasteiger partial charge in [0.2, 0.25) is 10.0 Å². The van der Waals surface area contributed by atoms with Crippen molar-refractivity contribution in [3.63, 3.8) is 0 Å². The highest BCUT2D eigenvalue weighted by Crippen LogP contribution is 2.36. The van der Waals surface area contributed by atoms with Crippen molar-refractivity contribution in [3.05, 3.63) is 59.7 Å². The van der Waals surface area contributed by atoms with Crippen LogP contribution in [-0.4, -0.2) is 65.9 Å². The van der Waals surface area contributed by atoms with Crippen LogP contribution in [0.1, 0.15) is 24.0 Å². The highest BCUT2D eigenvalue weighted by molar-refractivity contribution is 7.90. The summed E-state index contributed by atoms with van der Waals surface area (Å²) in [5, 5.41) is 16.4. The van der Waals surface area contributed by atoms with E-state index in [0.717, 1.165) is 10.5 Å². The molecule has 1 atom stereocenters. The molecule has 5 rings (SSSR count). The summed E-state index contributed by atoms with van der Waals surface area (Å²) in [6.45, 7) is 0.129. The van der Waals surface area contributed by atoms with Gasteiger partial charge in [-0.05, 0) is 25.0 Å². The quantitative estimate of drug-likeness (QED) is 0.537. The van der Waals surface area contributed by atoms with Gasteiger partial charge in [-0.15, -0.1) is 0 Å². The Morgan fingerprint density at radius 3 is 2.40 bits per heavy atom.